The van der Waals surface area contributed by atoms with E-state index in [1.807, 2.05) is 19.9 Å². The third-order valence-electron chi connectivity index (χ3n) is 4.15. The molecule has 4 rings (SSSR count). The second-order valence-corrected chi connectivity index (χ2v) is 7.01. The molecule has 5 nitrogen and oxygen atoms in total. The zero-order valence-corrected chi connectivity index (χ0v) is 14.5. The molecule has 0 N–H and O–H groups in total. The van der Waals surface area contributed by atoms with Gasteiger partial charge in [0.25, 0.3) is 5.89 Å². The molecule has 0 fully saturated rings. The summed E-state index contributed by atoms with van der Waals surface area (Å²) >= 11 is 5.70. The first kappa shape index (κ1) is 16.0. The van der Waals surface area contributed by atoms with Crippen molar-refractivity contribution in [3.63, 3.8) is 0 Å². The predicted octanol–water partition coefficient (Wildman–Crippen LogP) is 4.69. The molecule has 0 saturated carbocycles. The second-order valence-electron chi connectivity index (χ2n) is 6.60. The number of nitrogens with zero attached hydrogens (tertiary/aromatic N) is 3. The number of halogens is 2. The zero-order chi connectivity index (χ0) is 17.6. The Morgan fingerprint density at radius 1 is 1.20 bits per heavy atom. The van der Waals surface area contributed by atoms with E-state index in [-0.39, 0.29) is 10.6 Å². The van der Waals surface area contributed by atoms with Gasteiger partial charge in [0.2, 0.25) is 11.7 Å². The number of pyridine rings is 1. The summed E-state index contributed by atoms with van der Waals surface area (Å²) in [6, 6.07) is 6.32. The van der Waals surface area contributed by atoms with Gasteiger partial charge in [-0.3, -0.25) is 0 Å². The maximum absolute atomic E-state index is 13.6. The third-order valence-corrected chi connectivity index (χ3v) is 4.45. The van der Waals surface area contributed by atoms with Crippen LogP contribution in [0.5, 0.6) is 5.88 Å². The lowest BCUT2D eigenvalue weighted by molar-refractivity contribution is 0.0784. The number of aryl methyl sites for hydroxylation is 1. The van der Waals surface area contributed by atoms with Crippen molar-refractivity contribution in [1.29, 1.82) is 0 Å². The van der Waals surface area contributed by atoms with Crippen molar-refractivity contribution in [3.8, 4) is 28.7 Å². The molecule has 3 heterocycles. The molecular formula is C18H15ClFN3O2. The molecule has 0 amide bonds. The van der Waals surface area contributed by atoms with Gasteiger partial charge in [-0.1, -0.05) is 16.8 Å². The maximum atomic E-state index is 13.6. The fourth-order valence-electron chi connectivity index (χ4n) is 2.73. The summed E-state index contributed by atoms with van der Waals surface area (Å²) in [5.41, 5.74) is 2.00. The van der Waals surface area contributed by atoms with Gasteiger partial charge in [0.05, 0.1) is 10.6 Å². The van der Waals surface area contributed by atoms with Crippen molar-refractivity contribution in [3.05, 3.63) is 46.9 Å². The SMILES string of the molecule is CC1(C)CCc2cc(-c3nc(-c4ccc(Cl)c(F)c4)no3)cnc2O1. The second kappa shape index (κ2) is 5.81. The minimum Gasteiger partial charge on any atom is -0.471 e. The summed E-state index contributed by atoms with van der Waals surface area (Å²) < 4.78 is 24.8. The topological polar surface area (TPSA) is 61.0 Å². The smallest absolute Gasteiger partial charge is 0.259 e. The molecule has 0 saturated heterocycles. The highest BCUT2D eigenvalue weighted by Gasteiger charge is 2.28. The van der Waals surface area contributed by atoms with Crippen LogP contribution in [0.3, 0.4) is 0 Å². The van der Waals surface area contributed by atoms with Crippen LogP contribution in [0.25, 0.3) is 22.8 Å². The normalized spacial score (nSPS) is 15.5. The molecule has 0 aliphatic carbocycles. The molecule has 0 atom stereocenters. The van der Waals surface area contributed by atoms with E-state index in [2.05, 4.69) is 15.1 Å². The summed E-state index contributed by atoms with van der Waals surface area (Å²) in [6.07, 6.45) is 3.41. The molecule has 1 aliphatic rings. The molecule has 1 aliphatic heterocycles. The Bertz CT molecular complexity index is 955. The molecular weight excluding hydrogens is 345 g/mol. The van der Waals surface area contributed by atoms with Crippen LogP contribution in [-0.2, 0) is 6.42 Å². The van der Waals surface area contributed by atoms with Gasteiger partial charge < -0.3 is 9.26 Å². The Morgan fingerprint density at radius 3 is 2.84 bits per heavy atom. The van der Waals surface area contributed by atoms with E-state index < -0.39 is 5.82 Å². The minimum atomic E-state index is -0.527. The van der Waals surface area contributed by atoms with Crippen molar-refractivity contribution in [2.45, 2.75) is 32.3 Å². The molecule has 2 aromatic heterocycles. The molecule has 0 spiro atoms. The highest BCUT2D eigenvalue weighted by atomic mass is 35.5. The van der Waals surface area contributed by atoms with Gasteiger partial charge in [-0.15, -0.1) is 0 Å². The van der Waals surface area contributed by atoms with E-state index in [0.717, 1.165) is 18.4 Å². The Balaban J connectivity index is 1.65. The predicted molar refractivity (Wildman–Crippen MR) is 91.0 cm³/mol. The van der Waals surface area contributed by atoms with Gasteiger partial charge in [0, 0.05) is 17.3 Å². The number of hydrogen-bond acceptors (Lipinski definition) is 5. The lowest BCUT2D eigenvalue weighted by atomic mass is 9.95. The van der Waals surface area contributed by atoms with Crippen LogP contribution in [0.1, 0.15) is 25.8 Å². The van der Waals surface area contributed by atoms with Crippen LogP contribution < -0.4 is 4.74 Å². The molecule has 25 heavy (non-hydrogen) atoms. The first-order valence-electron chi connectivity index (χ1n) is 7.89. The lowest BCUT2D eigenvalue weighted by Gasteiger charge is -2.31. The summed E-state index contributed by atoms with van der Waals surface area (Å²) in [7, 11) is 0. The first-order valence-corrected chi connectivity index (χ1v) is 8.26. The Hall–Kier alpha value is -2.47. The van der Waals surface area contributed by atoms with Gasteiger partial charge in [0.15, 0.2) is 0 Å². The standard InChI is InChI=1S/C18H15ClFN3O2/c1-18(2)6-5-11-7-12(9-21-16(11)24-18)17-22-15(23-25-17)10-3-4-13(19)14(20)8-10/h3-4,7-9H,5-6H2,1-2H3. The van der Waals surface area contributed by atoms with Crippen LogP contribution in [-0.4, -0.2) is 20.7 Å². The van der Waals surface area contributed by atoms with E-state index in [1.54, 1.807) is 12.3 Å². The lowest BCUT2D eigenvalue weighted by Crippen LogP contribution is -2.33. The van der Waals surface area contributed by atoms with Crippen LogP contribution in [0.15, 0.2) is 35.0 Å². The van der Waals surface area contributed by atoms with Crippen LogP contribution in [0, 0.1) is 5.82 Å². The van der Waals surface area contributed by atoms with E-state index in [9.17, 15) is 4.39 Å². The molecule has 0 bridgehead atoms. The molecule has 0 radical (unpaired) electrons. The average Bonchev–Trinajstić information content (AvgIpc) is 3.06. The minimum absolute atomic E-state index is 0.0503. The van der Waals surface area contributed by atoms with E-state index in [4.69, 9.17) is 20.9 Å². The van der Waals surface area contributed by atoms with E-state index >= 15 is 0 Å². The Morgan fingerprint density at radius 2 is 2.04 bits per heavy atom. The summed E-state index contributed by atoms with van der Waals surface area (Å²) in [5, 5.41) is 3.96. The molecule has 0 unspecified atom stereocenters. The summed E-state index contributed by atoms with van der Waals surface area (Å²) in [5.74, 6) is 0.728. The number of benzene rings is 1. The number of hydrogen-bond donors (Lipinski definition) is 0. The Labute approximate surface area is 148 Å². The molecule has 128 valence electrons. The van der Waals surface area contributed by atoms with E-state index in [1.165, 1.54) is 12.1 Å². The van der Waals surface area contributed by atoms with Gasteiger partial charge in [-0.2, -0.15) is 4.98 Å². The van der Waals surface area contributed by atoms with Crippen molar-refractivity contribution in [1.82, 2.24) is 15.1 Å². The molecule has 1 aromatic carbocycles. The van der Waals surface area contributed by atoms with Crippen molar-refractivity contribution in [2.75, 3.05) is 0 Å². The van der Waals surface area contributed by atoms with Crippen molar-refractivity contribution >= 4 is 11.6 Å². The van der Waals surface area contributed by atoms with Gasteiger partial charge in [-0.05, 0) is 51.0 Å². The van der Waals surface area contributed by atoms with Crippen LogP contribution in [0.4, 0.5) is 4.39 Å². The third kappa shape index (κ3) is 3.09. The van der Waals surface area contributed by atoms with Gasteiger partial charge in [0.1, 0.15) is 11.4 Å². The van der Waals surface area contributed by atoms with Crippen molar-refractivity contribution < 1.29 is 13.7 Å². The highest BCUT2D eigenvalue weighted by Crippen LogP contribution is 2.33. The fraction of sp³-hybridized carbons (Fsp3) is 0.278. The molecule has 3 aromatic rings. The average molecular weight is 360 g/mol. The fourth-order valence-corrected chi connectivity index (χ4v) is 2.84. The largest absolute Gasteiger partial charge is 0.471 e. The number of ether oxygens (including phenoxy) is 1. The van der Waals surface area contributed by atoms with Crippen LogP contribution in [0.2, 0.25) is 5.02 Å². The highest BCUT2D eigenvalue weighted by molar-refractivity contribution is 6.30. The first-order chi connectivity index (χ1) is 11.9. The van der Waals surface area contributed by atoms with E-state index in [0.29, 0.717) is 28.7 Å². The Kier molecular flexibility index (Phi) is 3.72. The summed E-state index contributed by atoms with van der Waals surface area (Å²) in [4.78, 5) is 8.70. The summed E-state index contributed by atoms with van der Waals surface area (Å²) in [6.45, 7) is 4.09. The quantitative estimate of drug-likeness (QED) is 0.664. The number of aromatic nitrogens is 3. The van der Waals surface area contributed by atoms with Crippen LogP contribution >= 0.6 is 11.6 Å². The number of fused-ring (bicyclic) bond motifs is 1. The van der Waals surface area contributed by atoms with Gasteiger partial charge in [-0.25, -0.2) is 9.37 Å². The zero-order valence-electron chi connectivity index (χ0n) is 13.7. The monoisotopic (exact) mass is 359 g/mol. The maximum Gasteiger partial charge on any atom is 0.259 e. The number of rotatable bonds is 2. The molecule has 7 heteroatoms. The van der Waals surface area contributed by atoms with Gasteiger partial charge >= 0.3 is 0 Å². The van der Waals surface area contributed by atoms with Crippen molar-refractivity contribution in [2.24, 2.45) is 0 Å².